The van der Waals surface area contributed by atoms with Crippen LogP contribution in [0.15, 0.2) is 72.9 Å². The Bertz CT molecular complexity index is 1640. The molecule has 1 amide bonds. The first-order valence-corrected chi connectivity index (χ1v) is 13.6. The molecule has 1 aliphatic rings. The zero-order chi connectivity index (χ0) is 29.3. The van der Waals surface area contributed by atoms with Crippen molar-refractivity contribution >= 4 is 34.9 Å². The fourth-order valence-corrected chi connectivity index (χ4v) is 5.76. The van der Waals surface area contributed by atoms with Crippen LogP contribution in [0.1, 0.15) is 57.1 Å². The molecule has 4 aromatic rings. The van der Waals surface area contributed by atoms with Gasteiger partial charge in [0.1, 0.15) is 5.82 Å². The molecule has 0 saturated carbocycles. The second kappa shape index (κ2) is 11.5. The molecule has 2 aromatic carbocycles. The maximum Gasteiger partial charge on any atom is 0.335 e. The number of nitrogens with one attached hydrogen (secondary N) is 2. The van der Waals surface area contributed by atoms with Crippen LogP contribution in [0.3, 0.4) is 0 Å². The van der Waals surface area contributed by atoms with Gasteiger partial charge in [-0.05, 0) is 86.6 Å². The zero-order valence-corrected chi connectivity index (χ0v) is 23.7. The maximum atomic E-state index is 14.1. The number of thiocarbonyl (C=S) groups is 1. The molecule has 1 fully saturated rings. The van der Waals surface area contributed by atoms with Crippen LogP contribution in [-0.2, 0) is 4.79 Å². The Balaban J connectivity index is 1.51. The molecule has 2 aromatic heterocycles. The van der Waals surface area contributed by atoms with E-state index in [9.17, 15) is 19.1 Å². The van der Waals surface area contributed by atoms with E-state index in [1.807, 2.05) is 43.9 Å². The third kappa shape index (κ3) is 5.55. The van der Waals surface area contributed by atoms with Crippen molar-refractivity contribution < 1.29 is 19.1 Å². The first-order chi connectivity index (χ1) is 19.7. The van der Waals surface area contributed by atoms with Gasteiger partial charge in [0, 0.05) is 36.2 Å². The molecular weight excluding hydrogens is 541 g/mol. The fourth-order valence-electron chi connectivity index (χ4n) is 5.42. The second-order valence-electron chi connectivity index (χ2n) is 10.1. The lowest BCUT2D eigenvalue weighted by molar-refractivity contribution is -0.116. The standard InChI is InChI=1S/C31H30FN5O3S/c1-18-11-12-21(30(39)40)17-26(18)37-19(2)16-22(20(37)3)29-28(25-10-6-7-14-33-25)35-31(41)36(29)15-13-27(38)34-24-9-5-4-8-23(24)32/h4-12,14,16-17,28-29H,13,15H2,1-3H3,(H,34,38)(H,35,41)(H,39,40)/t28-,29+/m0/s1. The second-order valence-corrected chi connectivity index (χ2v) is 10.5. The highest BCUT2D eigenvalue weighted by atomic mass is 32.1. The smallest absolute Gasteiger partial charge is 0.335 e. The molecule has 41 heavy (non-hydrogen) atoms. The third-order valence-electron chi connectivity index (χ3n) is 7.41. The lowest BCUT2D eigenvalue weighted by Gasteiger charge is -2.28. The molecular formula is C31H30FN5O3S. The molecule has 3 N–H and O–H groups in total. The van der Waals surface area contributed by atoms with Crippen LogP contribution >= 0.6 is 12.2 Å². The Hall–Kier alpha value is -4.57. The predicted molar refractivity (Wildman–Crippen MR) is 159 cm³/mol. The minimum Gasteiger partial charge on any atom is -0.478 e. The number of para-hydroxylation sites is 1. The van der Waals surface area contributed by atoms with Crippen LogP contribution in [0.5, 0.6) is 0 Å². The molecule has 10 heteroatoms. The van der Waals surface area contributed by atoms with Gasteiger partial charge in [-0.15, -0.1) is 0 Å². The summed E-state index contributed by atoms with van der Waals surface area (Å²) in [6, 6.07) is 18.3. The lowest BCUT2D eigenvalue weighted by atomic mass is 9.96. The summed E-state index contributed by atoms with van der Waals surface area (Å²) < 4.78 is 16.2. The van der Waals surface area contributed by atoms with Gasteiger partial charge < -0.3 is 25.2 Å². The van der Waals surface area contributed by atoms with Crippen molar-refractivity contribution in [2.45, 2.75) is 39.3 Å². The number of nitrogens with zero attached hydrogens (tertiary/aromatic N) is 3. The van der Waals surface area contributed by atoms with E-state index in [0.717, 1.165) is 33.9 Å². The zero-order valence-electron chi connectivity index (χ0n) is 22.9. The van der Waals surface area contributed by atoms with E-state index in [0.29, 0.717) is 5.11 Å². The van der Waals surface area contributed by atoms with Crippen molar-refractivity contribution in [1.29, 1.82) is 0 Å². The Kier molecular flexibility index (Phi) is 7.85. The monoisotopic (exact) mass is 571 g/mol. The molecule has 1 aliphatic heterocycles. The first-order valence-electron chi connectivity index (χ1n) is 13.2. The van der Waals surface area contributed by atoms with Crippen molar-refractivity contribution in [2.24, 2.45) is 0 Å². The Labute approximate surface area is 242 Å². The molecule has 8 nitrogen and oxygen atoms in total. The first kappa shape index (κ1) is 28.0. The van der Waals surface area contributed by atoms with E-state index >= 15 is 0 Å². The third-order valence-corrected chi connectivity index (χ3v) is 7.76. The van der Waals surface area contributed by atoms with E-state index in [1.165, 1.54) is 12.1 Å². The molecule has 1 saturated heterocycles. The van der Waals surface area contributed by atoms with E-state index in [-0.39, 0.29) is 42.2 Å². The minimum absolute atomic E-state index is 0.0834. The number of benzene rings is 2. The quantitative estimate of drug-likeness (QED) is 0.236. The summed E-state index contributed by atoms with van der Waals surface area (Å²) >= 11 is 5.76. The SMILES string of the molecule is Cc1ccc(C(=O)O)cc1-n1c(C)cc([C@@H]2[C@H](c3ccccn3)NC(=S)N2CCC(=O)Nc2ccccc2F)c1C. The van der Waals surface area contributed by atoms with E-state index in [4.69, 9.17) is 12.2 Å². The highest BCUT2D eigenvalue weighted by Gasteiger charge is 2.41. The number of carboxylic acids is 1. The van der Waals surface area contributed by atoms with Crippen LogP contribution in [0.4, 0.5) is 10.1 Å². The molecule has 0 spiro atoms. The topological polar surface area (TPSA) is 99.5 Å². The van der Waals surface area contributed by atoms with Crippen LogP contribution in [0, 0.1) is 26.6 Å². The average Bonchev–Trinajstić information content (AvgIpc) is 3.43. The number of carboxylic acid groups (broad SMARTS) is 1. The molecule has 210 valence electrons. The number of aromatic carboxylic acids is 1. The van der Waals surface area contributed by atoms with Gasteiger partial charge in [0.15, 0.2) is 5.11 Å². The van der Waals surface area contributed by atoms with E-state index < -0.39 is 11.8 Å². The number of hydrogen-bond donors (Lipinski definition) is 3. The van der Waals surface area contributed by atoms with Gasteiger partial charge in [0.25, 0.3) is 0 Å². The maximum absolute atomic E-state index is 14.1. The Morgan fingerprint density at radius 1 is 1.07 bits per heavy atom. The van der Waals surface area contributed by atoms with Crippen molar-refractivity contribution in [1.82, 2.24) is 19.8 Å². The van der Waals surface area contributed by atoms with Crippen molar-refractivity contribution in [3.63, 3.8) is 0 Å². The molecule has 3 heterocycles. The van der Waals surface area contributed by atoms with Crippen molar-refractivity contribution in [3.8, 4) is 5.69 Å². The normalized spacial score (nSPS) is 16.5. The van der Waals surface area contributed by atoms with Gasteiger partial charge >= 0.3 is 5.97 Å². The molecule has 0 bridgehead atoms. The summed E-state index contributed by atoms with van der Waals surface area (Å²) in [5, 5.41) is 16.1. The fraction of sp³-hybridized carbons (Fsp3) is 0.226. The van der Waals surface area contributed by atoms with Crippen molar-refractivity contribution in [3.05, 3.63) is 113 Å². The Morgan fingerprint density at radius 2 is 1.83 bits per heavy atom. The number of hydrogen-bond acceptors (Lipinski definition) is 4. The van der Waals surface area contributed by atoms with Crippen LogP contribution in [-0.4, -0.2) is 43.1 Å². The van der Waals surface area contributed by atoms with E-state index in [2.05, 4.69) is 26.3 Å². The number of pyridine rings is 1. The molecule has 2 atom stereocenters. The van der Waals surface area contributed by atoms with Crippen molar-refractivity contribution in [2.75, 3.05) is 11.9 Å². The number of rotatable bonds is 8. The average molecular weight is 572 g/mol. The van der Waals surface area contributed by atoms with Crippen LogP contribution < -0.4 is 10.6 Å². The summed E-state index contributed by atoms with van der Waals surface area (Å²) in [7, 11) is 0. The number of amides is 1. The molecule has 0 unspecified atom stereocenters. The van der Waals surface area contributed by atoms with Gasteiger partial charge in [0.2, 0.25) is 5.91 Å². The lowest BCUT2D eigenvalue weighted by Crippen LogP contribution is -2.33. The number of halogens is 1. The molecule has 0 aliphatic carbocycles. The number of carbonyl (C=O) groups is 2. The van der Waals surface area contributed by atoms with E-state index in [1.54, 1.807) is 36.5 Å². The number of anilines is 1. The highest BCUT2D eigenvalue weighted by molar-refractivity contribution is 7.80. The van der Waals surface area contributed by atoms with Gasteiger partial charge in [-0.25, -0.2) is 9.18 Å². The number of carbonyl (C=O) groups excluding carboxylic acids is 1. The van der Waals surface area contributed by atoms with Crippen LogP contribution in [0.2, 0.25) is 0 Å². The highest BCUT2D eigenvalue weighted by Crippen LogP contribution is 2.41. The summed E-state index contributed by atoms with van der Waals surface area (Å²) in [5.41, 5.74) is 5.68. The molecule has 0 radical (unpaired) electrons. The summed E-state index contributed by atoms with van der Waals surface area (Å²) in [5.74, 6) is -1.82. The summed E-state index contributed by atoms with van der Waals surface area (Å²) in [6.07, 6.45) is 1.81. The van der Waals surface area contributed by atoms with Gasteiger partial charge in [-0.2, -0.15) is 0 Å². The number of aromatic nitrogens is 2. The minimum atomic E-state index is -0.991. The summed E-state index contributed by atoms with van der Waals surface area (Å²) in [4.78, 5) is 31.1. The number of aryl methyl sites for hydroxylation is 2. The van der Waals surface area contributed by atoms with Gasteiger partial charge in [-0.1, -0.05) is 24.3 Å². The van der Waals surface area contributed by atoms with Gasteiger partial charge in [-0.3, -0.25) is 9.78 Å². The van der Waals surface area contributed by atoms with Gasteiger partial charge in [0.05, 0.1) is 29.0 Å². The Morgan fingerprint density at radius 3 is 2.54 bits per heavy atom. The predicted octanol–water partition coefficient (Wildman–Crippen LogP) is 5.64. The summed E-state index contributed by atoms with van der Waals surface area (Å²) in [6.45, 7) is 6.21. The molecule has 5 rings (SSSR count). The largest absolute Gasteiger partial charge is 0.478 e. The van der Waals surface area contributed by atoms with Crippen LogP contribution in [0.25, 0.3) is 5.69 Å².